The number of nitrogens with zero attached hydrogens (tertiary/aromatic N) is 1. The molecule has 6 nitrogen and oxygen atoms in total. The Morgan fingerprint density at radius 3 is 2.80 bits per heavy atom. The molecule has 3 amide bonds. The van der Waals surface area contributed by atoms with E-state index in [0.29, 0.717) is 18.4 Å². The Morgan fingerprint density at radius 2 is 2.10 bits per heavy atom. The van der Waals surface area contributed by atoms with Crippen LogP contribution in [0.15, 0.2) is 0 Å². The molecular weight excluding hydrogens is 258 g/mol. The Hall–Kier alpha value is -1.14. The molecule has 20 heavy (non-hydrogen) atoms. The van der Waals surface area contributed by atoms with E-state index in [2.05, 4.69) is 10.6 Å². The van der Waals surface area contributed by atoms with Gasteiger partial charge in [0.15, 0.2) is 0 Å². The molecule has 0 spiro atoms. The van der Waals surface area contributed by atoms with E-state index in [9.17, 15) is 14.7 Å². The van der Waals surface area contributed by atoms with Crippen LogP contribution in [-0.4, -0.2) is 54.2 Å². The van der Waals surface area contributed by atoms with Crippen molar-refractivity contribution in [3.05, 3.63) is 0 Å². The summed E-state index contributed by atoms with van der Waals surface area (Å²) in [6, 6.07) is -0.414. The molecule has 2 rings (SSSR count). The van der Waals surface area contributed by atoms with Gasteiger partial charge in [0.2, 0.25) is 5.91 Å². The van der Waals surface area contributed by atoms with Crippen LogP contribution in [0.3, 0.4) is 0 Å². The summed E-state index contributed by atoms with van der Waals surface area (Å²) >= 11 is 0. The number of aliphatic hydroxyl groups excluding tert-OH is 1. The molecule has 1 heterocycles. The van der Waals surface area contributed by atoms with Crippen molar-refractivity contribution in [2.45, 2.75) is 38.7 Å². The number of fused-ring (bicyclic) bond motifs is 1. The number of hydrogen-bond acceptors (Lipinski definition) is 4. The highest BCUT2D eigenvalue weighted by Crippen LogP contribution is 2.37. The van der Waals surface area contributed by atoms with Crippen molar-refractivity contribution in [3.8, 4) is 0 Å². The number of carbonyl (C=O) groups excluding carboxylic acids is 2. The minimum Gasteiger partial charge on any atom is -0.393 e. The van der Waals surface area contributed by atoms with E-state index < -0.39 is 6.03 Å². The lowest BCUT2D eigenvalue weighted by Crippen LogP contribution is -2.44. The van der Waals surface area contributed by atoms with Crippen LogP contribution in [-0.2, 0) is 4.79 Å². The van der Waals surface area contributed by atoms with Crippen molar-refractivity contribution in [2.24, 2.45) is 11.8 Å². The van der Waals surface area contributed by atoms with Gasteiger partial charge in [0.05, 0.1) is 12.6 Å². The summed E-state index contributed by atoms with van der Waals surface area (Å²) in [6.07, 6.45) is 3.63. The molecule has 1 saturated heterocycles. The average molecular weight is 283 g/mol. The minimum atomic E-state index is -0.414. The molecule has 0 aromatic heterocycles. The Labute approximate surface area is 119 Å². The third kappa shape index (κ3) is 3.93. The van der Waals surface area contributed by atoms with Crippen molar-refractivity contribution in [2.75, 3.05) is 26.2 Å². The smallest absolute Gasteiger partial charge is 0.321 e. The number of rotatable bonds is 5. The van der Waals surface area contributed by atoms with Gasteiger partial charge in [-0.15, -0.1) is 0 Å². The van der Waals surface area contributed by atoms with E-state index in [0.717, 1.165) is 38.8 Å². The van der Waals surface area contributed by atoms with Gasteiger partial charge in [-0.2, -0.15) is 0 Å². The molecule has 0 radical (unpaired) electrons. The lowest BCUT2D eigenvalue weighted by Gasteiger charge is -2.17. The summed E-state index contributed by atoms with van der Waals surface area (Å²) in [6.45, 7) is 4.49. The molecule has 1 saturated carbocycles. The summed E-state index contributed by atoms with van der Waals surface area (Å²) in [5.74, 6) is 0.547. The quantitative estimate of drug-likeness (QED) is 0.635. The third-order valence-electron chi connectivity index (χ3n) is 4.33. The maximum atomic E-state index is 11.8. The minimum absolute atomic E-state index is 0.217. The van der Waals surface area contributed by atoms with Crippen LogP contribution >= 0.6 is 0 Å². The van der Waals surface area contributed by atoms with Gasteiger partial charge in [-0.1, -0.05) is 13.3 Å². The summed E-state index contributed by atoms with van der Waals surface area (Å²) in [5.41, 5.74) is 0. The van der Waals surface area contributed by atoms with E-state index in [1.807, 2.05) is 11.8 Å². The molecule has 1 aliphatic carbocycles. The number of hydrogen-bond donors (Lipinski definition) is 3. The van der Waals surface area contributed by atoms with Crippen molar-refractivity contribution >= 4 is 11.9 Å². The lowest BCUT2D eigenvalue weighted by atomic mass is 10.00. The fraction of sp³-hybridized carbons (Fsp3) is 0.857. The summed E-state index contributed by atoms with van der Waals surface area (Å²) < 4.78 is 0. The summed E-state index contributed by atoms with van der Waals surface area (Å²) in [5, 5.41) is 14.8. The largest absolute Gasteiger partial charge is 0.393 e. The molecule has 2 fully saturated rings. The second-order valence-electron chi connectivity index (χ2n) is 5.92. The van der Waals surface area contributed by atoms with Crippen LogP contribution in [0.4, 0.5) is 4.79 Å². The van der Waals surface area contributed by atoms with Crippen LogP contribution in [0.1, 0.15) is 32.6 Å². The maximum absolute atomic E-state index is 11.8. The maximum Gasteiger partial charge on any atom is 0.321 e. The molecular formula is C14H25N3O3. The monoisotopic (exact) mass is 283 g/mol. The van der Waals surface area contributed by atoms with Crippen LogP contribution in [0.25, 0.3) is 0 Å². The first kappa shape index (κ1) is 15.3. The predicted octanol–water partition coefficient (Wildman–Crippen LogP) is 0.315. The highest BCUT2D eigenvalue weighted by molar-refractivity contribution is 5.95. The molecule has 2 aliphatic rings. The van der Waals surface area contributed by atoms with Crippen molar-refractivity contribution < 1.29 is 14.7 Å². The first-order valence-corrected chi connectivity index (χ1v) is 7.58. The number of unbranched alkanes of at least 4 members (excludes halogenated alkanes) is 1. The zero-order chi connectivity index (χ0) is 14.5. The summed E-state index contributed by atoms with van der Waals surface area (Å²) in [7, 11) is 0. The van der Waals surface area contributed by atoms with Gasteiger partial charge in [-0.25, -0.2) is 4.79 Å². The van der Waals surface area contributed by atoms with E-state index in [-0.39, 0.29) is 18.6 Å². The Kier molecular flexibility index (Phi) is 5.37. The van der Waals surface area contributed by atoms with Gasteiger partial charge in [0.1, 0.15) is 0 Å². The number of likely N-dealkylation sites (tertiary alicyclic amines) is 1. The number of aliphatic hydroxyl groups is 1. The molecule has 0 aromatic carbocycles. The van der Waals surface area contributed by atoms with Crippen molar-refractivity contribution in [3.63, 3.8) is 0 Å². The van der Waals surface area contributed by atoms with Gasteiger partial charge >= 0.3 is 6.03 Å². The zero-order valence-electron chi connectivity index (χ0n) is 12.1. The number of nitrogens with one attached hydrogen (secondary N) is 2. The molecule has 3 N–H and O–H groups in total. The molecule has 0 aromatic rings. The van der Waals surface area contributed by atoms with Crippen LogP contribution in [0, 0.1) is 11.8 Å². The average Bonchev–Trinajstić information content (AvgIpc) is 2.92. The SMILES string of the molecule is CCCCNC(=O)NC(=O)CN1CC2CCC(O)C2C1. The molecule has 114 valence electrons. The fourth-order valence-electron chi connectivity index (χ4n) is 3.25. The molecule has 0 bridgehead atoms. The first-order valence-electron chi connectivity index (χ1n) is 7.58. The topological polar surface area (TPSA) is 81.7 Å². The number of urea groups is 1. The van der Waals surface area contributed by atoms with E-state index in [1.165, 1.54) is 0 Å². The van der Waals surface area contributed by atoms with Crippen LogP contribution in [0.5, 0.6) is 0 Å². The van der Waals surface area contributed by atoms with Crippen LogP contribution in [0.2, 0.25) is 0 Å². The van der Waals surface area contributed by atoms with Gasteiger partial charge in [0, 0.05) is 25.6 Å². The number of carbonyl (C=O) groups is 2. The predicted molar refractivity (Wildman–Crippen MR) is 75.1 cm³/mol. The number of imide groups is 1. The highest BCUT2D eigenvalue weighted by atomic mass is 16.3. The van der Waals surface area contributed by atoms with E-state index >= 15 is 0 Å². The molecule has 6 heteroatoms. The highest BCUT2D eigenvalue weighted by Gasteiger charge is 2.42. The van der Waals surface area contributed by atoms with Gasteiger partial charge in [0.25, 0.3) is 0 Å². The molecule has 1 aliphatic heterocycles. The normalized spacial score (nSPS) is 29.2. The summed E-state index contributed by atoms with van der Waals surface area (Å²) in [4.78, 5) is 25.2. The van der Waals surface area contributed by atoms with E-state index in [1.54, 1.807) is 0 Å². The van der Waals surface area contributed by atoms with Crippen molar-refractivity contribution in [1.29, 1.82) is 0 Å². The Bertz CT molecular complexity index is 362. The second-order valence-corrected chi connectivity index (χ2v) is 5.92. The van der Waals surface area contributed by atoms with E-state index in [4.69, 9.17) is 0 Å². The zero-order valence-corrected chi connectivity index (χ0v) is 12.1. The molecule has 3 unspecified atom stereocenters. The Balaban J connectivity index is 1.66. The van der Waals surface area contributed by atoms with Gasteiger partial charge in [-0.05, 0) is 25.2 Å². The first-order chi connectivity index (χ1) is 9.60. The third-order valence-corrected chi connectivity index (χ3v) is 4.33. The van der Waals surface area contributed by atoms with Gasteiger partial charge in [-0.3, -0.25) is 15.0 Å². The lowest BCUT2D eigenvalue weighted by molar-refractivity contribution is -0.121. The fourth-order valence-corrected chi connectivity index (χ4v) is 3.25. The van der Waals surface area contributed by atoms with Crippen molar-refractivity contribution in [1.82, 2.24) is 15.5 Å². The number of amides is 3. The standard InChI is InChI=1S/C14H25N3O3/c1-2-3-6-15-14(20)16-13(19)9-17-7-10-4-5-12(18)11(10)8-17/h10-12,18H,2-9H2,1H3,(H2,15,16,19,20). The molecule has 3 atom stereocenters. The van der Waals surface area contributed by atoms with Crippen LogP contribution < -0.4 is 10.6 Å². The Morgan fingerprint density at radius 1 is 1.30 bits per heavy atom. The second kappa shape index (κ2) is 7.04. The van der Waals surface area contributed by atoms with Gasteiger partial charge < -0.3 is 10.4 Å².